The molecular formula is C15H16BrClN4. The van der Waals surface area contributed by atoms with Gasteiger partial charge in [0, 0.05) is 11.5 Å². The first kappa shape index (κ1) is 14.6. The normalized spacial score (nSPS) is 11.5. The van der Waals surface area contributed by atoms with Crippen molar-refractivity contribution >= 4 is 38.7 Å². The molecule has 2 aromatic heterocycles. The smallest absolute Gasteiger partial charge is 0.163 e. The van der Waals surface area contributed by atoms with E-state index >= 15 is 0 Å². The van der Waals surface area contributed by atoms with Crippen LogP contribution in [0.5, 0.6) is 0 Å². The van der Waals surface area contributed by atoms with Gasteiger partial charge in [0.25, 0.3) is 0 Å². The summed E-state index contributed by atoms with van der Waals surface area (Å²) in [6.45, 7) is 4.17. The van der Waals surface area contributed by atoms with Crippen molar-refractivity contribution in [3.8, 4) is 5.69 Å². The number of nitrogens with zero attached hydrogens (tertiary/aromatic N) is 4. The Kier molecular flexibility index (Phi) is 3.80. The van der Waals surface area contributed by atoms with Gasteiger partial charge in [-0.1, -0.05) is 28.9 Å². The highest BCUT2D eigenvalue weighted by Crippen LogP contribution is 2.29. The first-order chi connectivity index (χ1) is 10.1. The van der Waals surface area contributed by atoms with Crippen LogP contribution in [0.1, 0.15) is 24.0 Å². The SMILES string of the molecule is CCc1nn(C)c2c1nc(CCl)n2-c1cccc(Br)c1C. The maximum absolute atomic E-state index is 6.13. The number of aryl methyl sites for hydroxylation is 2. The van der Waals surface area contributed by atoms with Crippen LogP contribution in [0.15, 0.2) is 22.7 Å². The topological polar surface area (TPSA) is 35.6 Å². The zero-order valence-corrected chi connectivity index (χ0v) is 14.5. The lowest BCUT2D eigenvalue weighted by atomic mass is 10.2. The van der Waals surface area contributed by atoms with Crippen molar-refractivity contribution in [2.24, 2.45) is 7.05 Å². The minimum Gasteiger partial charge on any atom is -0.280 e. The van der Waals surface area contributed by atoms with E-state index in [2.05, 4.69) is 45.5 Å². The number of alkyl halides is 1. The van der Waals surface area contributed by atoms with Crippen LogP contribution in [-0.4, -0.2) is 19.3 Å². The summed E-state index contributed by atoms with van der Waals surface area (Å²) in [5, 5.41) is 4.56. The molecule has 6 heteroatoms. The van der Waals surface area contributed by atoms with Gasteiger partial charge in [-0.25, -0.2) is 9.67 Å². The molecule has 0 saturated heterocycles. The van der Waals surface area contributed by atoms with Crippen LogP contribution in [0.25, 0.3) is 16.9 Å². The first-order valence-electron chi connectivity index (χ1n) is 6.83. The molecule has 0 aliphatic heterocycles. The quantitative estimate of drug-likeness (QED) is 0.652. The van der Waals surface area contributed by atoms with Gasteiger partial charge in [0.05, 0.1) is 17.3 Å². The summed E-state index contributed by atoms with van der Waals surface area (Å²) in [6.07, 6.45) is 0.855. The molecule has 2 heterocycles. The third-order valence-corrected chi connectivity index (χ3v) is 4.81. The van der Waals surface area contributed by atoms with E-state index in [1.54, 1.807) is 0 Å². The second kappa shape index (κ2) is 5.46. The van der Waals surface area contributed by atoms with Crippen molar-refractivity contribution < 1.29 is 0 Å². The Hall–Kier alpha value is -1.33. The molecule has 0 atom stereocenters. The van der Waals surface area contributed by atoms with Crippen molar-refractivity contribution in [2.45, 2.75) is 26.1 Å². The number of hydrogen-bond acceptors (Lipinski definition) is 2. The van der Waals surface area contributed by atoms with Crippen LogP contribution >= 0.6 is 27.5 Å². The van der Waals surface area contributed by atoms with Gasteiger partial charge in [-0.3, -0.25) is 4.57 Å². The van der Waals surface area contributed by atoms with E-state index in [-0.39, 0.29) is 0 Å². The van der Waals surface area contributed by atoms with Gasteiger partial charge in [0.2, 0.25) is 0 Å². The Morgan fingerprint density at radius 3 is 2.76 bits per heavy atom. The van der Waals surface area contributed by atoms with E-state index in [0.717, 1.165) is 44.8 Å². The molecule has 3 rings (SSSR count). The van der Waals surface area contributed by atoms with Crippen LogP contribution in [0.2, 0.25) is 0 Å². The molecule has 4 nitrogen and oxygen atoms in total. The molecule has 0 bridgehead atoms. The summed E-state index contributed by atoms with van der Waals surface area (Å²) in [6, 6.07) is 6.14. The van der Waals surface area contributed by atoms with Crippen molar-refractivity contribution in [1.29, 1.82) is 0 Å². The number of benzene rings is 1. The maximum Gasteiger partial charge on any atom is 0.163 e. The predicted octanol–water partition coefficient (Wildman–Crippen LogP) is 4.13. The van der Waals surface area contributed by atoms with E-state index < -0.39 is 0 Å². The fourth-order valence-electron chi connectivity index (χ4n) is 2.64. The summed E-state index contributed by atoms with van der Waals surface area (Å²) >= 11 is 9.72. The van der Waals surface area contributed by atoms with Crippen molar-refractivity contribution in [1.82, 2.24) is 19.3 Å². The van der Waals surface area contributed by atoms with E-state index in [4.69, 9.17) is 16.6 Å². The van der Waals surface area contributed by atoms with Gasteiger partial charge in [-0.2, -0.15) is 5.10 Å². The molecule has 0 fully saturated rings. The zero-order chi connectivity index (χ0) is 15.1. The molecule has 3 aromatic rings. The minimum absolute atomic E-state index is 0.365. The Morgan fingerprint density at radius 1 is 1.33 bits per heavy atom. The zero-order valence-electron chi connectivity index (χ0n) is 12.2. The third-order valence-electron chi connectivity index (χ3n) is 3.71. The van der Waals surface area contributed by atoms with Gasteiger partial charge < -0.3 is 0 Å². The minimum atomic E-state index is 0.365. The molecule has 0 amide bonds. The van der Waals surface area contributed by atoms with Gasteiger partial charge in [-0.15, -0.1) is 11.6 Å². The van der Waals surface area contributed by atoms with Gasteiger partial charge in [-0.05, 0) is 31.0 Å². The molecule has 0 saturated carbocycles. The van der Waals surface area contributed by atoms with Gasteiger partial charge in [0.15, 0.2) is 5.65 Å². The molecule has 0 radical (unpaired) electrons. The second-order valence-electron chi connectivity index (χ2n) is 4.98. The van der Waals surface area contributed by atoms with E-state index in [1.807, 2.05) is 23.9 Å². The molecule has 110 valence electrons. The van der Waals surface area contributed by atoms with Crippen molar-refractivity contribution in [3.05, 3.63) is 39.8 Å². The van der Waals surface area contributed by atoms with Crippen LogP contribution in [-0.2, 0) is 19.3 Å². The predicted molar refractivity (Wildman–Crippen MR) is 89.2 cm³/mol. The number of fused-ring (bicyclic) bond motifs is 1. The molecular weight excluding hydrogens is 352 g/mol. The fourth-order valence-corrected chi connectivity index (χ4v) is 3.18. The van der Waals surface area contributed by atoms with Crippen molar-refractivity contribution in [2.75, 3.05) is 0 Å². The van der Waals surface area contributed by atoms with E-state index in [0.29, 0.717) is 5.88 Å². The lowest BCUT2D eigenvalue weighted by Gasteiger charge is -2.12. The van der Waals surface area contributed by atoms with Crippen molar-refractivity contribution in [3.63, 3.8) is 0 Å². The number of hydrogen-bond donors (Lipinski definition) is 0. The van der Waals surface area contributed by atoms with Gasteiger partial charge >= 0.3 is 0 Å². The molecule has 21 heavy (non-hydrogen) atoms. The Morgan fingerprint density at radius 2 is 2.10 bits per heavy atom. The van der Waals surface area contributed by atoms with Crippen LogP contribution in [0.4, 0.5) is 0 Å². The average Bonchev–Trinajstić information content (AvgIpc) is 2.99. The summed E-state index contributed by atoms with van der Waals surface area (Å²) in [5.74, 6) is 1.21. The highest BCUT2D eigenvalue weighted by atomic mass is 79.9. The van der Waals surface area contributed by atoms with E-state index in [1.165, 1.54) is 0 Å². The Labute approximate surface area is 136 Å². The third kappa shape index (κ3) is 2.19. The summed E-state index contributed by atoms with van der Waals surface area (Å²) in [5.41, 5.74) is 5.17. The van der Waals surface area contributed by atoms with E-state index in [9.17, 15) is 0 Å². The fraction of sp³-hybridized carbons (Fsp3) is 0.333. The molecule has 1 aromatic carbocycles. The highest BCUT2D eigenvalue weighted by Gasteiger charge is 2.20. The Balaban J connectivity index is 2.40. The summed E-state index contributed by atoms with van der Waals surface area (Å²) < 4.78 is 5.06. The van der Waals surface area contributed by atoms with Crippen LogP contribution in [0.3, 0.4) is 0 Å². The van der Waals surface area contributed by atoms with Gasteiger partial charge in [0.1, 0.15) is 11.3 Å². The number of aromatic nitrogens is 4. The highest BCUT2D eigenvalue weighted by molar-refractivity contribution is 9.10. The lowest BCUT2D eigenvalue weighted by molar-refractivity contribution is 0.744. The molecule has 0 aliphatic rings. The molecule has 0 aliphatic carbocycles. The summed E-state index contributed by atoms with van der Waals surface area (Å²) in [7, 11) is 1.95. The molecule has 0 spiro atoms. The van der Waals surface area contributed by atoms with Crippen LogP contribution < -0.4 is 0 Å². The molecule has 0 unspecified atom stereocenters. The number of halogens is 2. The molecule has 0 N–H and O–H groups in total. The maximum atomic E-state index is 6.13. The Bertz CT molecular complexity index is 819. The number of rotatable bonds is 3. The van der Waals surface area contributed by atoms with Crippen LogP contribution in [0, 0.1) is 6.92 Å². The second-order valence-corrected chi connectivity index (χ2v) is 6.10. The average molecular weight is 368 g/mol. The number of imidazole rings is 1. The monoisotopic (exact) mass is 366 g/mol. The first-order valence-corrected chi connectivity index (χ1v) is 8.15. The largest absolute Gasteiger partial charge is 0.280 e. The summed E-state index contributed by atoms with van der Waals surface area (Å²) in [4.78, 5) is 4.70. The standard InChI is InChI=1S/C15H16BrClN4/c1-4-11-14-15(20(3)19-11)21(13(8-17)18-14)12-7-5-6-10(16)9(12)2/h5-7H,4,8H2,1-3H3. The lowest BCUT2D eigenvalue weighted by Crippen LogP contribution is -2.06.